The molecule has 0 aliphatic carbocycles. The molecule has 0 amide bonds. The topological polar surface area (TPSA) is 51.6 Å². The van der Waals surface area contributed by atoms with Crippen LogP contribution < -0.4 is 0 Å². The summed E-state index contributed by atoms with van der Waals surface area (Å²) in [5.41, 5.74) is 12.4. The molecule has 0 fully saturated rings. The van der Waals surface area contributed by atoms with Gasteiger partial charge >= 0.3 is 0 Å². The average Bonchev–Trinajstić information content (AvgIpc) is 3.70. The van der Waals surface area contributed by atoms with Gasteiger partial charge in [0.2, 0.25) is 0 Å². The van der Waals surface area contributed by atoms with Crippen molar-refractivity contribution in [3.8, 4) is 0 Å². The molecule has 5 rings (SSSR count). The van der Waals surface area contributed by atoms with E-state index in [1.165, 1.54) is 50.3 Å². The fraction of sp³-hybridized carbons (Fsp3) is 0.556. The molecule has 0 unspecified atom stereocenters. The van der Waals surface area contributed by atoms with Crippen LogP contribution in [0.2, 0.25) is 0 Å². The minimum absolute atomic E-state index is 0.531. The number of thiophene rings is 1. The minimum Gasteiger partial charge on any atom is -0.264 e. The van der Waals surface area contributed by atoms with E-state index in [0.717, 1.165) is 0 Å². The second-order valence-electron chi connectivity index (χ2n) is 18.8. The molecule has 326 valence electrons. The quantitative estimate of drug-likeness (QED) is 0.141. The zero-order valence-corrected chi connectivity index (χ0v) is 41.9. The number of nitrogens with zero attached hydrogens (tertiary/aromatic N) is 4. The largest absolute Gasteiger partial charge is 0.264 e. The Balaban J connectivity index is 0.000000369. The van der Waals surface area contributed by atoms with Crippen LogP contribution in [-0.2, 0) is 0 Å². The van der Waals surface area contributed by atoms with Crippen molar-refractivity contribution in [1.29, 1.82) is 0 Å². The number of hydrogen-bond acceptors (Lipinski definition) is 5. The summed E-state index contributed by atoms with van der Waals surface area (Å²) in [5.74, 6) is 5.95. The zero-order chi connectivity index (χ0) is 45.0. The Morgan fingerprint density at radius 2 is 0.661 bits per heavy atom. The van der Waals surface area contributed by atoms with E-state index >= 15 is 0 Å². The Kier molecular flexibility index (Phi) is 24.6. The fourth-order valence-corrected chi connectivity index (χ4v) is 8.00. The Morgan fingerprint density at radius 1 is 0.322 bits per heavy atom. The normalized spacial score (nSPS) is 11.2. The third-order valence-electron chi connectivity index (χ3n) is 10.2. The van der Waals surface area contributed by atoms with Crippen LogP contribution in [0.1, 0.15) is 253 Å². The lowest BCUT2D eigenvalue weighted by atomic mass is 9.93. The standard InChI is InChI=1S/4C11H17N.C10H16S/c2*1-8(2)10-5-6-12-7-11(10)9(3)4;2*1-8(2)10-6-5-7-12-11(10)9(3)4;1-7(2)9-5-6-11-10(9)8(3)4/h4*5-9H,1-4H3;5-8H,1-4H3. The number of rotatable bonds is 10. The second kappa shape index (κ2) is 27.2. The van der Waals surface area contributed by atoms with Gasteiger partial charge in [-0.25, -0.2) is 0 Å². The summed E-state index contributed by atoms with van der Waals surface area (Å²) in [6.45, 7) is 44.4. The molecule has 5 heteroatoms. The van der Waals surface area contributed by atoms with Crippen LogP contribution in [0.5, 0.6) is 0 Å². The van der Waals surface area contributed by atoms with E-state index in [9.17, 15) is 0 Å². The Morgan fingerprint density at radius 3 is 0.898 bits per heavy atom. The summed E-state index contributed by atoms with van der Waals surface area (Å²) in [7, 11) is 0. The maximum atomic E-state index is 4.40. The molecule has 59 heavy (non-hydrogen) atoms. The summed E-state index contributed by atoms with van der Waals surface area (Å²) in [6, 6.07) is 14.9. The van der Waals surface area contributed by atoms with Gasteiger partial charge in [0.25, 0.3) is 0 Å². The van der Waals surface area contributed by atoms with Gasteiger partial charge in [0, 0.05) is 53.4 Å². The Hall–Kier alpha value is -3.70. The van der Waals surface area contributed by atoms with E-state index < -0.39 is 0 Å². The molecule has 0 spiro atoms. The molecule has 4 nitrogen and oxygen atoms in total. The lowest BCUT2D eigenvalue weighted by molar-refractivity contribution is 0.757. The van der Waals surface area contributed by atoms with Crippen LogP contribution in [0.4, 0.5) is 0 Å². The highest BCUT2D eigenvalue weighted by Gasteiger charge is 2.13. The van der Waals surface area contributed by atoms with Crippen molar-refractivity contribution in [2.75, 3.05) is 0 Å². The SMILES string of the molecule is CC(C)c1cccnc1C(C)C.CC(C)c1cccnc1C(C)C.CC(C)c1ccncc1C(C)C.CC(C)c1ccncc1C(C)C.CC(C)c1ccsc1C(C)C. The molecular formula is C54H84N4S. The molecule has 5 heterocycles. The van der Waals surface area contributed by atoms with Gasteiger partial charge in [-0.1, -0.05) is 151 Å². The summed E-state index contributed by atoms with van der Waals surface area (Å²) >= 11 is 1.89. The van der Waals surface area contributed by atoms with Crippen molar-refractivity contribution in [2.45, 2.75) is 198 Å². The van der Waals surface area contributed by atoms with Crippen molar-refractivity contribution in [1.82, 2.24) is 19.9 Å². The van der Waals surface area contributed by atoms with Gasteiger partial charge in [-0.05, 0) is 134 Å². The zero-order valence-electron chi connectivity index (χ0n) is 41.1. The summed E-state index contributed by atoms with van der Waals surface area (Å²) < 4.78 is 0. The number of hydrogen-bond donors (Lipinski definition) is 0. The van der Waals surface area contributed by atoms with E-state index in [4.69, 9.17) is 0 Å². The van der Waals surface area contributed by atoms with Gasteiger partial charge in [-0.3, -0.25) is 19.9 Å². The number of pyridine rings is 4. The third-order valence-corrected chi connectivity index (χ3v) is 11.4. The highest BCUT2D eigenvalue weighted by atomic mass is 32.1. The predicted molar refractivity (Wildman–Crippen MR) is 262 cm³/mol. The smallest absolute Gasteiger partial charge is 0.0463 e. The van der Waals surface area contributed by atoms with Crippen LogP contribution in [0.25, 0.3) is 0 Å². The fourth-order valence-electron chi connectivity index (χ4n) is 6.93. The molecule has 0 radical (unpaired) electrons. The van der Waals surface area contributed by atoms with Crippen molar-refractivity contribution in [2.24, 2.45) is 0 Å². The molecule has 5 aromatic rings. The molecular weight excluding hydrogens is 737 g/mol. The van der Waals surface area contributed by atoms with Crippen LogP contribution >= 0.6 is 11.3 Å². The number of aromatic nitrogens is 4. The predicted octanol–water partition coefficient (Wildman–Crippen LogP) is 17.3. The highest BCUT2D eigenvalue weighted by molar-refractivity contribution is 7.10. The lowest BCUT2D eigenvalue weighted by Gasteiger charge is -2.14. The van der Waals surface area contributed by atoms with E-state index in [1.54, 1.807) is 4.88 Å². The minimum atomic E-state index is 0.531. The van der Waals surface area contributed by atoms with Crippen LogP contribution in [0.15, 0.2) is 85.0 Å². The summed E-state index contributed by atoms with van der Waals surface area (Å²) in [4.78, 5) is 18.7. The molecule has 0 aliphatic rings. The first-order valence-electron chi connectivity index (χ1n) is 22.5. The Labute approximate surface area is 367 Å². The first kappa shape index (κ1) is 53.3. The average molecular weight is 821 g/mol. The molecule has 0 saturated heterocycles. The van der Waals surface area contributed by atoms with E-state index in [1.807, 2.05) is 60.7 Å². The van der Waals surface area contributed by atoms with Gasteiger partial charge in [0.05, 0.1) is 0 Å². The first-order chi connectivity index (χ1) is 27.6. The molecule has 0 bridgehead atoms. The molecule has 0 atom stereocenters. The summed E-state index contributed by atoms with van der Waals surface area (Å²) in [6.07, 6.45) is 11.5. The maximum absolute atomic E-state index is 4.40. The van der Waals surface area contributed by atoms with Crippen molar-refractivity contribution in [3.05, 3.63) is 140 Å². The van der Waals surface area contributed by atoms with E-state index in [0.29, 0.717) is 59.2 Å². The lowest BCUT2D eigenvalue weighted by Crippen LogP contribution is -2.00. The highest BCUT2D eigenvalue weighted by Crippen LogP contribution is 2.31. The maximum Gasteiger partial charge on any atom is 0.0463 e. The second-order valence-corrected chi connectivity index (χ2v) is 19.7. The van der Waals surface area contributed by atoms with Gasteiger partial charge in [0.1, 0.15) is 0 Å². The van der Waals surface area contributed by atoms with Crippen LogP contribution in [0, 0.1) is 0 Å². The molecule has 0 N–H and O–H groups in total. The van der Waals surface area contributed by atoms with E-state index in [2.05, 4.69) is 194 Å². The molecule has 0 saturated carbocycles. The Bertz CT molecular complexity index is 1510. The van der Waals surface area contributed by atoms with Crippen molar-refractivity contribution >= 4 is 11.3 Å². The summed E-state index contributed by atoms with van der Waals surface area (Å²) in [5, 5.41) is 2.20. The van der Waals surface area contributed by atoms with Gasteiger partial charge < -0.3 is 0 Å². The molecule has 0 aliphatic heterocycles. The van der Waals surface area contributed by atoms with Crippen LogP contribution in [-0.4, -0.2) is 19.9 Å². The van der Waals surface area contributed by atoms with Crippen molar-refractivity contribution < 1.29 is 0 Å². The third kappa shape index (κ3) is 18.2. The monoisotopic (exact) mass is 821 g/mol. The molecule has 0 aromatic carbocycles. The van der Waals surface area contributed by atoms with Crippen molar-refractivity contribution in [3.63, 3.8) is 0 Å². The van der Waals surface area contributed by atoms with Gasteiger partial charge in [0.15, 0.2) is 0 Å². The van der Waals surface area contributed by atoms with Crippen LogP contribution in [0.3, 0.4) is 0 Å². The molecule has 5 aromatic heterocycles. The van der Waals surface area contributed by atoms with Gasteiger partial charge in [-0.15, -0.1) is 11.3 Å². The van der Waals surface area contributed by atoms with Gasteiger partial charge in [-0.2, -0.15) is 0 Å². The van der Waals surface area contributed by atoms with E-state index in [-0.39, 0.29) is 0 Å². The first-order valence-corrected chi connectivity index (χ1v) is 23.4.